The van der Waals surface area contributed by atoms with Crippen molar-refractivity contribution in [1.29, 1.82) is 0 Å². The van der Waals surface area contributed by atoms with Gasteiger partial charge in [0.05, 0.1) is 11.9 Å². The van der Waals surface area contributed by atoms with Gasteiger partial charge in [-0.05, 0) is 49.6 Å². The Hall–Kier alpha value is -3.36. The van der Waals surface area contributed by atoms with Crippen molar-refractivity contribution in [3.05, 3.63) is 101 Å². The summed E-state index contributed by atoms with van der Waals surface area (Å²) in [6, 6.07) is 22.5. The molecular formula is C30H36ClN3O4S. The smallest absolute Gasteiger partial charge is 0.244 e. The molecule has 0 aliphatic rings. The van der Waals surface area contributed by atoms with Gasteiger partial charge >= 0.3 is 0 Å². The lowest BCUT2D eigenvalue weighted by molar-refractivity contribution is -0.140. The van der Waals surface area contributed by atoms with Crippen LogP contribution in [0.3, 0.4) is 0 Å². The Labute approximate surface area is 236 Å². The van der Waals surface area contributed by atoms with Crippen molar-refractivity contribution >= 4 is 39.1 Å². The highest BCUT2D eigenvalue weighted by molar-refractivity contribution is 7.92. The lowest BCUT2D eigenvalue weighted by Gasteiger charge is -2.34. The number of anilines is 1. The highest BCUT2D eigenvalue weighted by Gasteiger charge is 2.33. The molecule has 3 rings (SSSR count). The minimum Gasteiger partial charge on any atom is -0.352 e. The number of nitrogens with one attached hydrogen (secondary N) is 1. The Balaban J connectivity index is 2.06. The maximum atomic E-state index is 14.0. The average Bonchev–Trinajstić information content (AvgIpc) is 2.90. The third-order valence-corrected chi connectivity index (χ3v) is 8.08. The van der Waals surface area contributed by atoms with Crippen molar-refractivity contribution in [2.45, 2.75) is 52.2 Å². The van der Waals surface area contributed by atoms with Crippen molar-refractivity contribution in [3.63, 3.8) is 0 Å². The number of rotatable bonds is 12. The number of hydrogen-bond donors (Lipinski definition) is 1. The minimum atomic E-state index is -3.81. The summed E-state index contributed by atoms with van der Waals surface area (Å²) >= 11 is 6.47. The number of halogens is 1. The summed E-state index contributed by atoms with van der Waals surface area (Å²) in [5, 5.41) is 3.46. The molecule has 0 saturated carbocycles. The zero-order chi connectivity index (χ0) is 28.6. The van der Waals surface area contributed by atoms with Crippen LogP contribution in [0.4, 0.5) is 5.69 Å². The fourth-order valence-electron chi connectivity index (χ4n) is 4.13. The van der Waals surface area contributed by atoms with Gasteiger partial charge in [-0.25, -0.2) is 8.42 Å². The molecule has 0 bridgehead atoms. The van der Waals surface area contributed by atoms with Crippen molar-refractivity contribution in [1.82, 2.24) is 10.2 Å². The van der Waals surface area contributed by atoms with E-state index in [0.717, 1.165) is 28.1 Å². The molecule has 0 aliphatic carbocycles. The van der Waals surface area contributed by atoms with Crippen LogP contribution < -0.4 is 9.62 Å². The normalized spacial score (nSPS) is 12.8. The first-order valence-electron chi connectivity index (χ1n) is 12.9. The molecule has 7 nitrogen and oxygen atoms in total. The number of amides is 2. The highest BCUT2D eigenvalue weighted by Crippen LogP contribution is 2.23. The number of carbonyl (C=O) groups is 2. The van der Waals surface area contributed by atoms with E-state index in [2.05, 4.69) is 5.32 Å². The van der Waals surface area contributed by atoms with E-state index in [1.807, 2.05) is 57.2 Å². The SMILES string of the molecule is CC[C@@H](C)NC(=O)[C@@H](Cc1ccccc1)N(Cc1ccccc1Cl)C(=O)CN(c1ccc(C)cc1)S(C)(=O)=O. The molecule has 2 amide bonds. The molecule has 0 fully saturated rings. The molecule has 3 aromatic carbocycles. The minimum absolute atomic E-state index is 0.0371. The van der Waals surface area contributed by atoms with Crippen LogP contribution in [0.2, 0.25) is 5.02 Å². The van der Waals surface area contributed by atoms with Gasteiger partial charge in [0, 0.05) is 24.0 Å². The first-order chi connectivity index (χ1) is 18.5. The summed E-state index contributed by atoms with van der Waals surface area (Å²) in [7, 11) is -3.81. The molecule has 3 aromatic rings. The van der Waals surface area contributed by atoms with Crippen molar-refractivity contribution < 1.29 is 18.0 Å². The Morgan fingerprint density at radius 3 is 2.15 bits per heavy atom. The zero-order valence-electron chi connectivity index (χ0n) is 22.8. The first kappa shape index (κ1) is 30.2. The van der Waals surface area contributed by atoms with Gasteiger partial charge < -0.3 is 10.2 Å². The first-order valence-corrected chi connectivity index (χ1v) is 15.1. The molecule has 39 heavy (non-hydrogen) atoms. The van der Waals surface area contributed by atoms with E-state index in [1.165, 1.54) is 4.90 Å². The number of nitrogens with zero attached hydrogens (tertiary/aromatic N) is 2. The largest absolute Gasteiger partial charge is 0.352 e. The molecule has 0 spiro atoms. The standard InChI is InChI=1S/C30H36ClN3O4S/c1-5-23(3)32-30(36)28(19-24-11-7-6-8-12-24)33(20-25-13-9-10-14-27(25)31)29(35)21-34(39(4,37)38)26-17-15-22(2)16-18-26/h6-18,23,28H,5,19-21H2,1-4H3,(H,32,36)/t23-,28-/m1/s1. The molecule has 208 valence electrons. The van der Waals surface area contributed by atoms with Crippen molar-refractivity contribution in [2.24, 2.45) is 0 Å². The van der Waals surface area contributed by atoms with Gasteiger partial charge in [-0.3, -0.25) is 13.9 Å². The van der Waals surface area contributed by atoms with Gasteiger partial charge in [0.2, 0.25) is 21.8 Å². The lowest BCUT2D eigenvalue weighted by atomic mass is 10.0. The molecule has 0 unspecified atom stereocenters. The van der Waals surface area contributed by atoms with Gasteiger partial charge in [0.25, 0.3) is 0 Å². The van der Waals surface area contributed by atoms with Crippen molar-refractivity contribution in [3.8, 4) is 0 Å². The van der Waals surface area contributed by atoms with Crippen LogP contribution in [-0.2, 0) is 32.6 Å². The second-order valence-corrected chi connectivity index (χ2v) is 12.1. The molecule has 9 heteroatoms. The van der Waals surface area contributed by atoms with Crippen LogP contribution in [-0.4, -0.2) is 50.0 Å². The Morgan fingerprint density at radius 2 is 1.56 bits per heavy atom. The highest BCUT2D eigenvalue weighted by atomic mass is 35.5. The predicted octanol–water partition coefficient (Wildman–Crippen LogP) is 4.97. The molecule has 0 aliphatic heterocycles. The summed E-state index contributed by atoms with van der Waals surface area (Å²) in [4.78, 5) is 29.1. The number of aryl methyl sites for hydroxylation is 1. The molecule has 1 N–H and O–H groups in total. The van der Waals surface area contributed by atoms with E-state index < -0.39 is 28.5 Å². The third-order valence-electron chi connectivity index (χ3n) is 6.57. The summed E-state index contributed by atoms with van der Waals surface area (Å²) in [6.07, 6.45) is 2.04. The average molecular weight is 570 g/mol. The molecule has 0 heterocycles. The Morgan fingerprint density at radius 1 is 0.949 bits per heavy atom. The van der Waals surface area contributed by atoms with Gasteiger partial charge in [0.15, 0.2) is 0 Å². The van der Waals surface area contributed by atoms with Crippen molar-refractivity contribution in [2.75, 3.05) is 17.1 Å². The molecule has 0 aromatic heterocycles. The van der Waals surface area contributed by atoms with Gasteiger partial charge in [-0.2, -0.15) is 0 Å². The topological polar surface area (TPSA) is 86.8 Å². The van der Waals surface area contributed by atoms with Gasteiger partial charge in [-0.15, -0.1) is 0 Å². The molecule has 0 radical (unpaired) electrons. The number of sulfonamides is 1. The summed E-state index contributed by atoms with van der Waals surface area (Å²) < 4.78 is 26.7. The molecule has 0 saturated heterocycles. The van der Waals surface area contributed by atoms with Crippen LogP contribution in [0.15, 0.2) is 78.9 Å². The van der Waals surface area contributed by atoms with E-state index in [4.69, 9.17) is 11.6 Å². The van der Waals surface area contributed by atoms with Crippen LogP contribution in [0.25, 0.3) is 0 Å². The summed E-state index contributed by atoms with van der Waals surface area (Å²) in [6.45, 7) is 5.34. The summed E-state index contributed by atoms with van der Waals surface area (Å²) in [5.41, 5.74) is 2.86. The molecular weight excluding hydrogens is 534 g/mol. The Bertz CT molecular complexity index is 1360. The molecule has 2 atom stereocenters. The quantitative estimate of drug-likeness (QED) is 0.334. The van der Waals surface area contributed by atoms with E-state index in [1.54, 1.807) is 42.5 Å². The fourth-order valence-corrected chi connectivity index (χ4v) is 5.18. The van der Waals surface area contributed by atoms with E-state index in [0.29, 0.717) is 16.3 Å². The van der Waals surface area contributed by atoms with Crippen LogP contribution >= 0.6 is 11.6 Å². The second-order valence-electron chi connectivity index (χ2n) is 9.74. The van der Waals surface area contributed by atoms with Crippen LogP contribution in [0.1, 0.15) is 37.0 Å². The number of benzene rings is 3. The maximum Gasteiger partial charge on any atom is 0.244 e. The second kappa shape index (κ2) is 13.6. The van der Waals surface area contributed by atoms with Crippen LogP contribution in [0, 0.1) is 6.92 Å². The van der Waals surface area contributed by atoms with E-state index in [-0.39, 0.29) is 24.9 Å². The Kier molecular flexibility index (Phi) is 10.5. The third kappa shape index (κ3) is 8.57. The number of hydrogen-bond acceptors (Lipinski definition) is 4. The number of carbonyl (C=O) groups excluding carboxylic acids is 2. The fraction of sp³-hybridized carbons (Fsp3) is 0.333. The van der Waals surface area contributed by atoms with E-state index >= 15 is 0 Å². The van der Waals surface area contributed by atoms with E-state index in [9.17, 15) is 18.0 Å². The maximum absolute atomic E-state index is 14.0. The lowest BCUT2D eigenvalue weighted by Crippen LogP contribution is -2.54. The van der Waals surface area contributed by atoms with Gasteiger partial charge in [0.1, 0.15) is 12.6 Å². The monoisotopic (exact) mass is 569 g/mol. The predicted molar refractivity (Wildman–Crippen MR) is 157 cm³/mol. The van der Waals surface area contributed by atoms with Gasteiger partial charge in [-0.1, -0.05) is 84.8 Å². The van der Waals surface area contributed by atoms with Crippen LogP contribution in [0.5, 0.6) is 0 Å². The zero-order valence-corrected chi connectivity index (χ0v) is 24.4. The summed E-state index contributed by atoms with van der Waals surface area (Å²) in [5.74, 6) is -0.823.